The molecule has 18 heavy (non-hydrogen) atoms. The molecule has 1 aliphatic heterocycles. The van der Waals surface area contributed by atoms with Gasteiger partial charge < -0.3 is 14.2 Å². The molecule has 0 N–H and O–H groups in total. The van der Waals surface area contributed by atoms with Gasteiger partial charge in [0.15, 0.2) is 5.79 Å². The Morgan fingerprint density at radius 1 is 1.61 bits per heavy atom. The van der Waals surface area contributed by atoms with Crippen molar-refractivity contribution in [2.24, 2.45) is 0 Å². The van der Waals surface area contributed by atoms with Crippen molar-refractivity contribution in [3.8, 4) is 5.88 Å². The second-order valence-corrected chi connectivity index (χ2v) is 4.29. The van der Waals surface area contributed by atoms with Crippen LogP contribution >= 0.6 is 11.6 Å². The topological polar surface area (TPSA) is 83.7 Å². The summed E-state index contributed by atoms with van der Waals surface area (Å²) in [4.78, 5) is 14.0. The summed E-state index contributed by atoms with van der Waals surface area (Å²) in [6.07, 6.45) is 1.28. The van der Waals surface area contributed by atoms with E-state index in [0.29, 0.717) is 13.2 Å². The summed E-state index contributed by atoms with van der Waals surface area (Å²) in [5, 5.41) is 11.0. The lowest BCUT2D eigenvalue weighted by Crippen LogP contribution is -2.33. The molecule has 0 aromatic carbocycles. The third-order valence-electron chi connectivity index (χ3n) is 2.36. The molecule has 0 aliphatic carbocycles. The molecular weight excluding hydrogens is 264 g/mol. The molecule has 1 fully saturated rings. The highest BCUT2D eigenvalue weighted by Gasteiger charge is 2.33. The number of nitro groups is 1. The van der Waals surface area contributed by atoms with Crippen LogP contribution < -0.4 is 4.74 Å². The summed E-state index contributed by atoms with van der Waals surface area (Å²) in [5.74, 6) is -1.00. The standard InChI is InChI=1S/C10H11ClN2O5/c1-10(17-2-3-18-10)6-16-9-8(13(14)15)4-7(11)5-12-9/h4-5H,2-3,6H2,1H3. The molecule has 98 valence electrons. The van der Waals surface area contributed by atoms with Crippen LogP contribution in [0.2, 0.25) is 5.02 Å². The van der Waals surface area contributed by atoms with Crippen LogP contribution in [0, 0.1) is 10.1 Å². The van der Waals surface area contributed by atoms with Gasteiger partial charge in [-0.15, -0.1) is 0 Å². The van der Waals surface area contributed by atoms with Crippen LogP contribution in [0.4, 0.5) is 5.69 Å². The Balaban J connectivity index is 2.11. The van der Waals surface area contributed by atoms with Gasteiger partial charge in [0.2, 0.25) is 0 Å². The molecule has 0 atom stereocenters. The van der Waals surface area contributed by atoms with E-state index in [2.05, 4.69) is 4.98 Å². The zero-order valence-electron chi connectivity index (χ0n) is 9.59. The first-order valence-corrected chi connectivity index (χ1v) is 5.59. The first-order valence-electron chi connectivity index (χ1n) is 5.21. The molecule has 2 heterocycles. The maximum Gasteiger partial charge on any atom is 0.332 e. The van der Waals surface area contributed by atoms with Crippen LogP contribution in [0.15, 0.2) is 12.3 Å². The lowest BCUT2D eigenvalue weighted by atomic mass is 10.3. The number of pyridine rings is 1. The predicted octanol–water partition coefficient (Wildman–Crippen LogP) is 1.78. The zero-order valence-corrected chi connectivity index (χ0v) is 10.3. The first kappa shape index (κ1) is 13.0. The van der Waals surface area contributed by atoms with E-state index < -0.39 is 10.7 Å². The number of hydrogen-bond donors (Lipinski definition) is 0. The molecule has 2 rings (SSSR count). The molecule has 1 saturated heterocycles. The lowest BCUT2D eigenvalue weighted by molar-refractivity contribution is -0.386. The number of aromatic nitrogens is 1. The summed E-state index contributed by atoms with van der Waals surface area (Å²) in [5.41, 5.74) is -0.288. The predicted molar refractivity (Wildman–Crippen MR) is 61.7 cm³/mol. The average molecular weight is 275 g/mol. The summed E-state index contributed by atoms with van der Waals surface area (Å²) in [7, 11) is 0. The fraction of sp³-hybridized carbons (Fsp3) is 0.500. The summed E-state index contributed by atoms with van der Waals surface area (Å²) >= 11 is 5.64. The Kier molecular flexibility index (Phi) is 3.65. The van der Waals surface area contributed by atoms with Crippen LogP contribution in [0.1, 0.15) is 6.92 Å². The van der Waals surface area contributed by atoms with E-state index in [1.54, 1.807) is 6.92 Å². The van der Waals surface area contributed by atoms with Crippen LogP contribution in [0.3, 0.4) is 0 Å². The minimum Gasteiger partial charge on any atom is -0.467 e. The Bertz CT molecular complexity index is 462. The van der Waals surface area contributed by atoms with Crippen LogP contribution in [-0.4, -0.2) is 35.5 Å². The monoisotopic (exact) mass is 274 g/mol. The van der Waals surface area contributed by atoms with Gasteiger partial charge in [0.25, 0.3) is 5.88 Å². The van der Waals surface area contributed by atoms with Crippen molar-refractivity contribution in [3.05, 3.63) is 27.4 Å². The van der Waals surface area contributed by atoms with E-state index in [-0.39, 0.29) is 23.2 Å². The largest absolute Gasteiger partial charge is 0.467 e. The van der Waals surface area contributed by atoms with Crippen LogP contribution in [-0.2, 0) is 9.47 Å². The van der Waals surface area contributed by atoms with Crippen LogP contribution in [0.25, 0.3) is 0 Å². The van der Waals surface area contributed by atoms with E-state index in [4.69, 9.17) is 25.8 Å². The van der Waals surface area contributed by atoms with Crippen molar-refractivity contribution >= 4 is 17.3 Å². The van der Waals surface area contributed by atoms with Gasteiger partial charge in [-0.2, -0.15) is 0 Å². The highest BCUT2D eigenvalue weighted by atomic mass is 35.5. The van der Waals surface area contributed by atoms with Gasteiger partial charge in [-0.25, -0.2) is 4.98 Å². The van der Waals surface area contributed by atoms with Gasteiger partial charge in [-0.3, -0.25) is 10.1 Å². The first-order chi connectivity index (χ1) is 8.50. The molecule has 7 nitrogen and oxygen atoms in total. The fourth-order valence-electron chi connectivity index (χ4n) is 1.50. The van der Waals surface area contributed by atoms with E-state index >= 15 is 0 Å². The Labute approximate surface area is 108 Å². The van der Waals surface area contributed by atoms with Crippen molar-refractivity contribution in [3.63, 3.8) is 0 Å². The van der Waals surface area contributed by atoms with E-state index in [1.165, 1.54) is 12.3 Å². The number of hydrogen-bond acceptors (Lipinski definition) is 6. The third-order valence-corrected chi connectivity index (χ3v) is 2.57. The smallest absolute Gasteiger partial charge is 0.332 e. The molecule has 0 saturated carbocycles. The molecule has 1 aromatic rings. The van der Waals surface area contributed by atoms with E-state index in [9.17, 15) is 10.1 Å². The van der Waals surface area contributed by atoms with E-state index in [0.717, 1.165) is 0 Å². The molecule has 0 radical (unpaired) electrons. The molecule has 0 spiro atoms. The molecule has 0 bridgehead atoms. The van der Waals surface area contributed by atoms with Crippen LogP contribution in [0.5, 0.6) is 5.88 Å². The highest BCUT2D eigenvalue weighted by Crippen LogP contribution is 2.28. The van der Waals surface area contributed by atoms with E-state index in [1.807, 2.05) is 0 Å². The van der Waals surface area contributed by atoms with Crippen molar-refractivity contribution in [1.82, 2.24) is 4.98 Å². The fourth-order valence-corrected chi connectivity index (χ4v) is 1.65. The summed E-state index contributed by atoms with van der Waals surface area (Å²) in [6.45, 7) is 2.65. The van der Waals surface area contributed by atoms with Gasteiger partial charge >= 0.3 is 5.69 Å². The normalized spacial score (nSPS) is 17.7. The molecule has 8 heteroatoms. The summed E-state index contributed by atoms with van der Waals surface area (Å²) < 4.78 is 15.9. The zero-order chi connectivity index (χ0) is 13.2. The number of ether oxygens (including phenoxy) is 3. The number of rotatable bonds is 4. The SMILES string of the molecule is CC1(COc2ncc(Cl)cc2[N+](=O)[O-])OCCO1. The van der Waals surface area contributed by atoms with Gasteiger partial charge in [-0.05, 0) is 6.92 Å². The highest BCUT2D eigenvalue weighted by molar-refractivity contribution is 6.30. The van der Waals surface area contributed by atoms with Gasteiger partial charge in [0.1, 0.15) is 6.61 Å². The number of halogens is 1. The molecular formula is C10H11ClN2O5. The molecule has 1 aromatic heterocycles. The Morgan fingerprint density at radius 3 is 2.89 bits per heavy atom. The quantitative estimate of drug-likeness (QED) is 0.615. The molecule has 1 aliphatic rings. The van der Waals surface area contributed by atoms with Gasteiger partial charge in [0, 0.05) is 6.07 Å². The average Bonchev–Trinajstić information content (AvgIpc) is 2.75. The Hall–Kier alpha value is -1.44. The second kappa shape index (κ2) is 5.05. The molecule has 0 unspecified atom stereocenters. The summed E-state index contributed by atoms with van der Waals surface area (Å²) in [6, 6.07) is 1.18. The lowest BCUT2D eigenvalue weighted by Gasteiger charge is -2.21. The molecule has 0 amide bonds. The van der Waals surface area contributed by atoms with Crippen molar-refractivity contribution in [2.75, 3.05) is 19.8 Å². The van der Waals surface area contributed by atoms with Crippen molar-refractivity contribution < 1.29 is 19.1 Å². The third kappa shape index (κ3) is 2.87. The van der Waals surface area contributed by atoms with Crippen molar-refractivity contribution in [1.29, 1.82) is 0 Å². The Morgan fingerprint density at radius 2 is 2.28 bits per heavy atom. The minimum atomic E-state index is -0.894. The maximum atomic E-state index is 10.8. The maximum absolute atomic E-state index is 10.8. The van der Waals surface area contributed by atoms with Gasteiger partial charge in [-0.1, -0.05) is 11.6 Å². The van der Waals surface area contributed by atoms with Crippen molar-refractivity contribution in [2.45, 2.75) is 12.7 Å². The minimum absolute atomic E-state index is 0.0163. The van der Waals surface area contributed by atoms with Gasteiger partial charge in [0.05, 0.1) is 29.4 Å². The second-order valence-electron chi connectivity index (χ2n) is 3.85. The number of nitrogens with zero attached hydrogens (tertiary/aromatic N) is 2.